The molecule has 1 atom stereocenters. The summed E-state index contributed by atoms with van der Waals surface area (Å²) in [7, 11) is -2.38. The van der Waals surface area contributed by atoms with Crippen LogP contribution in [0.3, 0.4) is 0 Å². The van der Waals surface area contributed by atoms with E-state index in [1.165, 1.54) is 48.9 Å². The highest BCUT2D eigenvalue weighted by molar-refractivity contribution is 6.99. The summed E-state index contributed by atoms with van der Waals surface area (Å²) in [6, 6.07) is 21.9. The van der Waals surface area contributed by atoms with E-state index in [9.17, 15) is 0 Å². The third-order valence-corrected chi connectivity index (χ3v) is 12.2. The normalized spacial score (nSPS) is 18.2. The summed E-state index contributed by atoms with van der Waals surface area (Å²) in [5.74, 6) is -0.431. The molecule has 0 saturated carbocycles. The van der Waals surface area contributed by atoms with Crippen LogP contribution in [0.2, 0.25) is 5.04 Å². The maximum atomic E-state index is 7.01. The van der Waals surface area contributed by atoms with E-state index < -0.39 is 14.1 Å². The van der Waals surface area contributed by atoms with Gasteiger partial charge in [0, 0.05) is 6.61 Å². The highest BCUT2D eigenvalue weighted by atomic mass is 28.4. The smallest absolute Gasteiger partial charge is 0.261 e. The van der Waals surface area contributed by atoms with Crippen LogP contribution in [0.4, 0.5) is 0 Å². The van der Waals surface area contributed by atoms with Crippen LogP contribution >= 0.6 is 0 Å². The maximum Gasteiger partial charge on any atom is 0.261 e. The van der Waals surface area contributed by atoms with Gasteiger partial charge < -0.3 is 13.9 Å². The van der Waals surface area contributed by atoms with Gasteiger partial charge in [0.15, 0.2) is 5.79 Å². The summed E-state index contributed by atoms with van der Waals surface area (Å²) < 4.78 is 18.4. The predicted molar refractivity (Wildman–Crippen MR) is 155 cm³/mol. The van der Waals surface area contributed by atoms with Crippen molar-refractivity contribution >= 4 is 18.7 Å². The Morgan fingerprint density at radius 2 is 1.36 bits per heavy atom. The van der Waals surface area contributed by atoms with E-state index in [1.807, 2.05) is 13.8 Å². The standard InChI is InChI=1S/C32H48O3Si/c1-31(2,3)36(29-22-16-13-17-23-29,30-24-18-14-19-25-30)34-26-20-12-10-8-6-7-9-11-15-21-28-27-33-32(4,5)35-28/h13-19,21-25,28H,6-12,20,26-27H2,1-5H3/b21-15-/t28-/m1/s1. The molecule has 0 aliphatic carbocycles. The van der Waals surface area contributed by atoms with Gasteiger partial charge in [-0.05, 0) is 48.5 Å². The molecule has 1 heterocycles. The lowest BCUT2D eigenvalue weighted by Gasteiger charge is -2.43. The van der Waals surface area contributed by atoms with Crippen molar-refractivity contribution in [1.29, 1.82) is 0 Å². The lowest BCUT2D eigenvalue weighted by atomic mass is 10.1. The van der Waals surface area contributed by atoms with Crippen LogP contribution in [0.15, 0.2) is 72.8 Å². The molecule has 198 valence electrons. The molecule has 0 unspecified atom stereocenters. The van der Waals surface area contributed by atoms with E-state index in [2.05, 4.69) is 93.6 Å². The lowest BCUT2D eigenvalue weighted by Crippen LogP contribution is -2.66. The minimum absolute atomic E-state index is 0.0528. The Labute approximate surface area is 221 Å². The molecular weight excluding hydrogens is 460 g/mol. The molecule has 1 saturated heterocycles. The van der Waals surface area contributed by atoms with E-state index in [-0.39, 0.29) is 11.1 Å². The van der Waals surface area contributed by atoms with Gasteiger partial charge in [0.25, 0.3) is 8.32 Å². The molecule has 3 nitrogen and oxygen atoms in total. The number of benzene rings is 2. The van der Waals surface area contributed by atoms with Crippen molar-refractivity contribution < 1.29 is 13.9 Å². The van der Waals surface area contributed by atoms with Crippen molar-refractivity contribution in [2.24, 2.45) is 0 Å². The Morgan fingerprint density at radius 1 is 0.833 bits per heavy atom. The second-order valence-electron chi connectivity index (χ2n) is 11.6. The van der Waals surface area contributed by atoms with Gasteiger partial charge in [-0.15, -0.1) is 0 Å². The molecule has 0 radical (unpaired) electrons. The summed E-state index contributed by atoms with van der Waals surface area (Å²) in [4.78, 5) is 0. The Hall–Kier alpha value is -1.72. The van der Waals surface area contributed by atoms with Crippen molar-refractivity contribution in [3.8, 4) is 0 Å². The zero-order valence-corrected chi connectivity index (χ0v) is 24.3. The van der Waals surface area contributed by atoms with Gasteiger partial charge in [-0.2, -0.15) is 0 Å². The van der Waals surface area contributed by atoms with Crippen LogP contribution in [0.25, 0.3) is 0 Å². The molecular formula is C32H48O3Si. The zero-order valence-electron chi connectivity index (χ0n) is 23.3. The van der Waals surface area contributed by atoms with Crippen molar-refractivity contribution in [1.82, 2.24) is 0 Å². The molecule has 1 aliphatic rings. The quantitative estimate of drug-likeness (QED) is 0.151. The van der Waals surface area contributed by atoms with Gasteiger partial charge in [-0.3, -0.25) is 0 Å². The molecule has 4 heteroatoms. The maximum absolute atomic E-state index is 7.01. The first kappa shape index (κ1) is 28.8. The van der Waals surface area contributed by atoms with Gasteiger partial charge in [-0.25, -0.2) is 0 Å². The Morgan fingerprint density at radius 3 is 1.86 bits per heavy atom. The highest BCUT2D eigenvalue weighted by Crippen LogP contribution is 2.36. The van der Waals surface area contributed by atoms with Crippen LogP contribution in [-0.4, -0.2) is 33.4 Å². The number of hydrogen-bond acceptors (Lipinski definition) is 3. The molecule has 0 amide bonds. The Bertz CT molecular complexity index is 863. The molecule has 1 aliphatic heterocycles. The third-order valence-electron chi connectivity index (χ3n) is 7.13. The van der Waals surface area contributed by atoms with E-state index in [4.69, 9.17) is 13.9 Å². The van der Waals surface area contributed by atoms with Crippen LogP contribution in [0, 0.1) is 0 Å². The fourth-order valence-electron chi connectivity index (χ4n) is 5.29. The van der Waals surface area contributed by atoms with Crippen LogP contribution < -0.4 is 10.4 Å². The molecule has 0 aromatic heterocycles. The van der Waals surface area contributed by atoms with Crippen molar-refractivity contribution in [3.63, 3.8) is 0 Å². The fraction of sp³-hybridized carbons (Fsp3) is 0.562. The predicted octanol–water partition coefficient (Wildman–Crippen LogP) is 7.39. The second kappa shape index (κ2) is 13.7. The Balaban J connectivity index is 1.38. The summed E-state index contributed by atoms with van der Waals surface area (Å²) >= 11 is 0. The molecule has 0 bridgehead atoms. The molecule has 36 heavy (non-hydrogen) atoms. The number of allylic oxidation sites excluding steroid dienone is 1. The minimum Gasteiger partial charge on any atom is -0.407 e. The van der Waals surface area contributed by atoms with Crippen LogP contribution in [0.1, 0.15) is 86.0 Å². The Kier molecular flexibility index (Phi) is 11.0. The molecule has 0 N–H and O–H groups in total. The first-order valence-electron chi connectivity index (χ1n) is 14.0. The van der Waals surface area contributed by atoms with E-state index in [1.54, 1.807) is 0 Å². The first-order valence-corrected chi connectivity index (χ1v) is 15.9. The largest absolute Gasteiger partial charge is 0.407 e. The number of ether oxygens (including phenoxy) is 2. The summed E-state index contributed by atoms with van der Waals surface area (Å²) in [6.07, 6.45) is 14.5. The van der Waals surface area contributed by atoms with Crippen molar-refractivity contribution in [3.05, 3.63) is 72.8 Å². The van der Waals surface area contributed by atoms with Gasteiger partial charge in [0.05, 0.1) is 6.61 Å². The topological polar surface area (TPSA) is 27.7 Å². The summed E-state index contributed by atoms with van der Waals surface area (Å²) in [6.45, 7) is 12.5. The monoisotopic (exact) mass is 508 g/mol. The van der Waals surface area contributed by atoms with E-state index >= 15 is 0 Å². The zero-order chi connectivity index (χ0) is 25.9. The highest BCUT2D eigenvalue weighted by Gasteiger charge is 2.49. The van der Waals surface area contributed by atoms with Gasteiger partial charge in [0.2, 0.25) is 0 Å². The summed E-state index contributed by atoms with van der Waals surface area (Å²) in [5.41, 5.74) is 0. The SMILES string of the molecule is CC1(C)OC[C@@H](/C=C\CCCCCCCCCO[Si](c2ccccc2)(c2ccccc2)C(C)(C)C)O1. The third kappa shape index (κ3) is 8.14. The average molecular weight is 509 g/mol. The number of unbranched alkanes of at least 4 members (excludes halogenated alkanes) is 7. The average Bonchev–Trinajstić information content (AvgIpc) is 3.21. The summed E-state index contributed by atoms with van der Waals surface area (Å²) in [5, 5.41) is 2.79. The molecule has 2 aromatic carbocycles. The van der Waals surface area contributed by atoms with Crippen LogP contribution in [0.5, 0.6) is 0 Å². The lowest BCUT2D eigenvalue weighted by molar-refractivity contribution is -0.133. The second-order valence-corrected chi connectivity index (χ2v) is 15.9. The molecule has 1 fully saturated rings. The fourth-order valence-corrected chi connectivity index (χ4v) is 9.90. The molecule has 3 rings (SSSR count). The van der Waals surface area contributed by atoms with Gasteiger partial charge in [-0.1, -0.05) is 126 Å². The van der Waals surface area contributed by atoms with Crippen molar-refractivity contribution in [2.45, 2.75) is 103 Å². The first-order chi connectivity index (χ1) is 17.2. The van der Waals surface area contributed by atoms with Gasteiger partial charge >= 0.3 is 0 Å². The minimum atomic E-state index is -2.38. The number of hydrogen-bond donors (Lipinski definition) is 0. The molecule has 0 spiro atoms. The molecule has 2 aromatic rings. The number of rotatable bonds is 14. The van der Waals surface area contributed by atoms with E-state index in [0.29, 0.717) is 6.61 Å². The van der Waals surface area contributed by atoms with E-state index in [0.717, 1.165) is 19.4 Å². The van der Waals surface area contributed by atoms with Crippen LogP contribution in [-0.2, 0) is 13.9 Å². The van der Waals surface area contributed by atoms with Crippen molar-refractivity contribution in [2.75, 3.05) is 13.2 Å². The van der Waals surface area contributed by atoms with Gasteiger partial charge in [0.1, 0.15) is 6.10 Å².